The van der Waals surface area contributed by atoms with Crippen molar-refractivity contribution in [2.75, 3.05) is 6.54 Å². The summed E-state index contributed by atoms with van der Waals surface area (Å²) in [5, 5.41) is 2.83. The van der Waals surface area contributed by atoms with Gasteiger partial charge in [-0.1, -0.05) is 55.0 Å². The Bertz CT molecular complexity index is 818. The highest BCUT2D eigenvalue weighted by Crippen LogP contribution is 2.19. The number of carbonyl (C=O) groups excluding carboxylic acids is 1. The summed E-state index contributed by atoms with van der Waals surface area (Å²) in [5.74, 6) is -0.300. The molecule has 0 spiro atoms. The molecule has 0 aliphatic heterocycles. The molecule has 0 saturated heterocycles. The van der Waals surface area contributed by atoms with E-state index in [4.69, 9.17) is 0 Å². The van der Waals surface area contributed by atoms with E-state index in [1.54, 1.807) is 24.3 Å². The van der Waals surface area contributed by atoms with E-state index in [-0.39, 0.29) is 29.9 Å². The summed E-state index contributed by atoms with van der Waals surface area (Å²) in [5.41, 5.74) is 1.81. The first-order chi connectivity index (χ1) is 12.3. The molecule has 0 aliphatic carbocycles. The van der Waals surface area contributed by atoms with Gasteiger partial charge in [-0.3, -0.25) is 4.79 Å². The number of sulfonamides is 1. The molecule has 0 aromatic heterocycles. The van der Waals surface area contributed by atoms with E-state index < -0.39 is 10.0 Å². The number of carbonyl (C=O) groups is 1. The van der Waals surface area contributed by atoms with Crippen molar-refractivity contribution in [2.24, 2.45) is 0 Å². The SMILES string of the molecule is CCC(C)NC(=O)CN(Cc1ccccc1)S(=O)(=O)c1ccc(C)cc1. The molecule has 2 rings (SSSR count). The maximum absolute atomic E-state index is 13.1. The largest absolute Gasteiger partial charge is 0.353 e. The molecule has 2 aromatic rings. The van der Waals surface area contributed by atoms with Gasteiger partial charge in [0.05, 0.1) is 11.4 Å². The van der Waals surface area contributed by atoms with Crippen LogP contribution in [0.4, 0.5) is 0 Å². The van der Waals surface area contributed by atoms with Crippen molar-refractivity contribution in [1.29, 1.82) is 0 Å². The highest BCUT2D eigenvalue weighted by atomic mass is 32.2. The minimum atomic E-state index is -3.78. The van der Waals surface area contributed by atoms with Gasteiger partial charge >= 0.3 is 0 Å². The molecule has 1 atom stereocenters. The second kappa shape index (κ2) is 8.96. The predicted molar refractivity (Wildman–Crippen MR) is 103 cm³/mol. The van der Waals surface area contributed by atoms with Crippen molar-refractivity contribution in [3.63, 3.8) is 0 Å². The molecular weight excluding hydrogens is 348 g/mol. The van der Waals surface area contributed by atoms with Gasteiger partial charge in [0.1, 0.15) is 0 Å². The number of amides is 1. The first-order valence-electron chi connectivity index (χ1n) is 8.73. The topological polar surface area (TPSA) is 66.5 Å². The van der Waals surface area contributed by atoms with Crippen molar-refractivity contribution < 1.29 is 13.2 Å². The van der Waals surface area contributed by atoms with Crippen LogP contribution in [0, 0.1) is 6.92 Å². The fraction of sp³-hybridized carbons (Fsp3) is 0.350. The molecule has 140 valence electrons. The molecule has 1 unspecified atom stereocenters. The van der Waals surface area contributed by atoms with E-state index in [2.05, 4.69) is 5.32 Å². The zero-order valence-electron chi connectivity index (χ0n) is 15.5. The van der Waals surface area contributed by atoms with E-state index >= 15 is 0 Å². The van der Waals surface area contributed by atoms with Gasteiger partial charge in [-0.25, -0.2) is 8.42 Å². The lowest BCUT2D eigenvalue weighted by Crippen LogP contribution is -2.43. The Hall–Kier alpha value is -2.18. The highest BCUT2D eigenvalue weighted by Gasteiger charge is 2.27. The first kappa shape index (κ1) is 20.1. The summed E-state index contributed by atoms with van der Waals surface area (Å²) >= 11 is 0. The molecule has 5 nitrogen and oxygen atoms in total. The highest BCUT2D eigenvalue weighted by molar-refractivity contribution is 7.89. The Morgan fingerprint density at radius 1 is 1.08 bits per heavy atom. The monoisotopic (exact) mass is 374 g/mol. The van der Waals surface area contributed by atoms with E-state index in [1.165, 1.54) is 4.31 Å². The maximum atomic E-state index is 13.1. The number of aryl methyl sites for hydroxylation is 1. The van der Waals surface area contributed by atoms with Crippen molar-refractivity contribution in [3.05, 3.63) is 65.7 Å². The molecule has 0 heterocycles. The standard InChI is InChI=1S/C20H26N2O3S/c1-4-17(3)21-20(23)15-22(14-18-8-6-5-7-9-18)26(24,25)19-12-10-16(2)11-13-19/h5-13,17H,4,14-15H2,1-3H3,(H,21,23). The molecule has 2 aromatic carbocycles. The van der Waals surface area contributed by atoms with Gasteiger partial charge in [0, 0.05) is 12.6 Å². The molecular formula is C20H26N2O3S. The number of nitrogens with one attached hydrogen (secondary N) is 1. The quantitative estimate of drug-likeness (QED) is 0.772. The smallest absolute Gasteiger partial charge is 0.243 e. The fourth-order valence-corrected chi connectivity index (χ4v) is 3.84. The molecule has 0 saturated carbocycles. The van der Waals surface area contributed by atoms with Crippen molar-refractivity contribution >= 4 is 15.9 Å². The number of hydrogen-bond donors (Lipinski definition) is 1. The lowest BCUT2D eigenvalue weighted by atomic mass is 10.2. The first-order valence-corrected chi connectivity index (χ1v) is 10.2. The van der Waals surface area contributed by atoms with E-state index in [0.717, 1.165) is 17.5 Å². The lowest BCUT2D eigenvalue weighted by molar-refractivity contribution is -0.122. The van der Waals surface area contributed by atoms with Crippen molar-refractivity contribution in [2.45, 2.75) is 44.7 Å². The zero-order valence-corrected chi connectivity index (χ0v) is 16.3. The minimum absolute atomic E-state index is 0.00292. The van der Waals surface area contributed by atoms with Gasteiger partial charge < -0.3 is 5.32 Å². The second-order valence-electron chi connectivity index (χ2n) is 6.45. The third-order valence-electron chi connectivity index (χ3n) is 4.20. The van der Waals surface area contributed by atoms with Gasteiger partial charge in [0.25, 0.3) is 0 Å². The third kappa shape index (κ3) is 5.41. The maximum Gasteiger partial charge on any atom is 0.243 e. The molecule has 0 aliphatic rings. The van der Waals surface area contributed by atoms with Crippen LogP contribution in [0.25, 0.3) is 0 Å². The zero-order chi connectivity index (χ0) is 19.2. The molecule has 6 heteroatoms. The number of benzene rings is 2. The van der Waals surface area contributed by atoms with Crippen LogP contribution in [-0.2, 0) is 21.4 Å². The molecule has 0 radical (unpaired) electrons. The van der Waals surface area contributed by atoms with Crippen LogP contribution in [0.1, 0.15) is 31.4 Å². The van der Waals surface area contributed by atoms with Crippen molar-refractivity contribution in [1.82, 2.24) is 9.62 Å². The molecule has 1 amide bonds. The van der Waals surface area contributed by atoms with Crippen LogP contribution >= 0.6 is 0 Å². The molecule has 0 fully saturated rings. The van der Waals surface area contributed by atoms with E-state index in [0.29, 0.717) is 0 Å². The summed E-state index contributed by atoms with van der Waals surface area (Å²) in [4.78, 5) is 12.5. The molecule has 26 heavy (non-hydrogen) atoms. The average Bonchev–Trinajstić information content (AvgIpc) is 2.62. The van der Waals surface area contributed by atoms with Gasteiger partial charge in [0.2, 0.25) is 15.9 Å². The summed E-state index contributed by atoms with van der Waals surface area (Å²) in [6.45, 7) is 5.70. The Morgan fingerprint density at radius 2 is 1.69 bits per heavy atom. The summed E-state index contributed by atoms with van der Waals surface area (Å²) in [7, 11) is -3.78. The fourth-order valence-electron chi connectivity index (χ4n) is 2.45. The summed E-state index contributed by atoms with van der Waals surface area (Å²) in [6, 6.07) is 16.0. The van der Waals surface area contributed by atoms with E-state index in [1.807, 2.05) is 51.1 Å². The van der Waals surface area contributed by atoms with Gasteiger partial charge in [-0.15, -0.1) is 0 Å². The minimum Gasteiger partial charge on any atom is -0.353 e. The normalized spacial score (nSPS) is 12.8. The van der Waals surface area contributed by atoms with Crippen LogP contribution in [0.5, 0.6) is 0 Å². The van der Waals surface area contributed by atoms with Gasteiger partial charge in [-0.2, -0.15) is 4.31 Å². The van der Waals surface area contributed by atoms with Crippen LogP contribution in [0.3, 0.4) is 0 Å². The van der Waals surface area contributed by atoms with E-state index in [9.17, 15) is 13.2 Å². The number of nitrogens with zero attached hydrogens (tertiary/aromatic N) is 1. The van der Waals surface area contributed by atoms with Crippen LogP contribution in [-0.4, -0.2) is 31.2 Å². The van der Waals surface area contributed by atoms with Gasteiger partial charge in [-0.05, 0) is 38.0 Å². The Kier molecular flexibility index (Phi) is 6.94. The van der Waals surface area contributed by atoms with Gasteiger partial charge in [0.15, 0.2) is 0 Å². The predicted octanol–water partition coefficient (Wildman–Crippen LogP) is 3.10. The molecule has 0 bridgehead atoms. The summed E-state index contributed by atoms with van der Waals surface area (Å²) < 4.78 is 27.4. The van der Waals surface area contributed by atoms with Crippen molar-refractivity contribution in [3.8, 4) is 0 Å². The summed E-state index contributed by atoms with van der Waals surface area (Å²) in [6.07, 6.45) is 0.787. The molecule has 1 N–H and O–H groups in total. The van der Waals surface area contributed by atoms with Crippen LogP contribution < -0.4 is 5.32 Å². The number of hydrogen-bond acceptors (Lipinski definition) is 3. The van der Waals surface area contributed by atoms with Crippen LogP contribution in [0.15, 0.2) is 59.5 Å². The van der Waals surface area contributed by atoms with Crippen LogP contribution in [0.2, 0.25) is 0 Å². The Labute approximate surface area is 156 Å². The lowest BCUT2D eigenvalue weighted by Gasteiger charge is -2.23. The third-order valence-corrected chi connectivity index (χ3v) is 6.01. The average molecular weight is 375 g/mol. The Morgan fingerprint density at radius 3 is 2.27 bits per heavy atom. The Balaban J connectivity index is 2.29. The number of rotatable bonds is 8. The second-order valence-corrected chi connectivity index (χ2v) is 8.39.